The second-order valence-electron chi connectivity index (χ2n) is 2.35. The topological polar surface area (TPSA) is 22.1 Å². The van der Waals surface area contributed by atoms with Gasteiger partial charge < -0.3 is 4.74 Å². The zero-order valence-electron chi connectivity index (χ0n) is 6.93. The average molecular weight is 252 g/mol. The molecule has 1 rings (SSSR count). The van der Waals surface area contributed by atoms with Crippen LogP contribution in [-0.4, -0.2) is 12.1 Å². The molecule has 0 N–H and O–H groups in total. The zero-order valence-corrected chi connectivity index (χ0v) is 8.51. The van der Waals surface area contributed by atoms with Gasteiger partial charge in [0.1, 0.15) is 5.75 Å². The molecule has 0 bridgehead atoms. The number of hydrogen-bond acceptors (Lipinski definition) is 2. The molecule has 0 fully saturated rings. The minimum atomic E-state index is -2.52. The van der Waals surface area contributed by atoms with Gasteiger partial charge >= 0.3 is 0 Å². The van der Waals surface area contributed by atoms with Crippen LogP contribution >= 0.6 is 15.9 Å². The quantitative estimate of drug-likeness (QED) is 0.771. The molecule has 0 aliphatic carbocycles. The summed E-state index contributed by atoms with van der Waals surface area (Å²) in [5.74, 6) is 0.347. The summed E-state index contributed by atoms with van der Waals surface area (Å²) in [4.78, 5) is 3.84. The van der Waals surface area contributed by atoms with E-state index in [9.17, 15) is 8.78 Å². The van der Waals surface area contributed by atoms with Gasteiger partial charge in [-0.25, -0.2) is 8.78 Å². The van der Waals surface area contributed by atoms with Gasteiger partial charge in [-0.3, -0.25) is 4.98 Å². The Bertz CT molecular complexity index is 293. The van der Waals surface area contributed by atoms with E-state index in [0.717, 1.165) is 0 Å². The average Bonchev–Trinajstić information content (AvgIpc) is 2.16. The first-order valence-electron chi connectivity index (χ1n) is 3.56. The number of rotatable bonds is 3. The van der Waals surface area contributed by atoms with Crippen LogP contribution in [0.15, 0.2) is 12.3 Å². The van der Waals surface area contributed by atoms with Crippen molar-refractivity contribution in [2.45, 2.75) is 11.8 Å². The van der Waals surface area contributed by atoms with Crippen molar-refractivity contribution in [3.05, 3.63) is 23.5 Å². The summed E-state index contributed by atoms with van der Waals surface area (Å²) in [6.45, 7) is 0. The molecule has 13 heavy (non-hydrogen) atoms. The Kier molecular flexibility index (Phi) is 3.59. The standard InChI is InChI=1S/C8H8BrF2NO/c1-13-5-2-6(8(10)11)7(3-9)12-4-5/h2,4,8H,3H2,1H3. The Morgan fingerprint density at radius 2 is 2.31 bits per heavy atom. The van der Waals surface area contributed by atoms with E-state index in [1.807, 2.05) is 0 Å². The molecule has 0 unspecified atom stereocenters. The van der Waals surface area contributed by atoms with E-state index in [2.05, 4.69) is 20.9 Å². The van der Waals surface area contributed by atoms with E-state index in [1.54, 1.807) is 0 Å². The van der Waals surface area contributed by atoms with Gasteiger partial charge in [0.25, 0.3) is 6.43 Å². The third-order valence-electron chi connectivity index (χ3n) is 1.58. The van der Waals surface area contributed by atoms with Crippen molar-refractivity contribution < 1.29 is 13.5 Å². The lowest BCUT2D eigenvalue weighted by Gasteiger charge is -2.07. The van der Waals surface area contributed by atoms with E-state index in [4.69, 9.17) is 4.74 Å². The normalized spacial score (nSPS) is 10.5. The summed E-state index contributed by atoms with van der Waals surface area (Å²) in [5.41, 5.74) is 0.257. The maximum absolute atomic E-state index is 12.4. The highest BCUT2D eigenvalue weighted by atomic mass is 79.9. The molecule has 0 aliphatic heterocycles. The molecule has 0 saturated heterocycles. The van der Waals surface area contributed by atoms with Crippen LogP contribution in [-0.2, 0) is 5.33 Å². The fourth-order valence-electron chi connectivity index (χ4n) is 0.902. The molecule has 0 aliphatic rings. The van der Waals surface area contributed by atoms with Crippen LogP contribution in [0.4, 0.5) is 8.78 Å². The lowest BCUT2D eigenvalue weighted by atomic mass is 10.2. The number of nitrogens with zero attached hydrogens (tertiary/aromatic N) is 1. The monoisotopic (exact) mass is 251 g/mol. The number of methoxy groups -OCH3 is 1. The van der Waals surface area contributed by atoms with E-state index >= 15 is 0 Å². The molecule has 72 valence electrons. The summed E-state index contributed by atoms with van der Waals surface area (Å²) in [6, 6.07) is 1.30. The van der Waals surface area contributed by atoms with Gasteiger partial charge in [0.15, 0.2) is 0 Å². The third kappa shape index (κ3) is 2.37. The lowest BCUT2D eigenvalue weighted by Crippen LogP contribution is -1.97. The first-order valence-corrected chi connectivity index (χ1v) is 4.68. The SMILES string of the molecule is COc1cnc(CBr)c(C(F)F)c1. The highest BCUT2D eigenvalue weighted by Gasteiger charge is 2.14. The Balaban J connectivity index is 3.10. The second-order valence-corrected chi connectivity index (χ2v) is 2.91. The largest absolute Gasteiger partial charge is 0.495 e. The summed E-state index contributed by atoms with van der Waals surface area (Å²) in [6.07, 6.45) is -1.10. The Labute approximate surface area is 83.1 Å². The third-order valence-corrected chi connectivity index (χ3v) is 2.11. The van der Waals surface area contributed by atoms with Crippen LogP contribution in [0.2, 0.25) is 0 Å². The van der Waals surface area contributed by atoms with Crippen molar-refractivity contribution in [3.63, 3.8) is 0 Å². The minimum absolute atomic E-state index is 0.0868. The Morgan fingerprint density at radius 3 is 2.77 bits per heavy atom. The maximum Gasteiger partial charge on any atom is 0.265 e. The van der Waals surface area contributed by atoms with E-state index in [0.29, 0.717) is 16.8 Å². The Hall–Kier alpha value is -0.710. The molecule has 1 heterocycles. The fraction of sp³-hybridized carbons (Fsp3) is 0.375. The number of aromatic nitrogens is 1. The van der Waals surface area contributed by atoms with Crippen molar-refractivity contribution in [2.75, 3.05) is 7.11 Å². The van der Waals surface area contributed by atoms with Gasteiger partial charge in [-0.05, 0) is 6.07 Å². The van der Waals surface area contributed by atoms with Crippen LogP contribution in [0.1, 0.15) is 17.7 Å². The highest BCUT2D eigenvalue weighted by Crippen LogP contribution is 2.26. The van der Waals surface area contributed by atoms with E-state index in [-0.39, 0.29) is 5.56 Å². The maximum atomic E-state index is 12.4. The summed E-state index contributed by atoms with van der Waals surface area (Å²) in [5, 5.41) is 0.316. The molecule has 1 aromatic rings. The van der Waals surface area contributed by atoms with Gasteiger partial charge in [0.2, 0.25) is 0 Å². The van der Waals surface area contributed by atoms with Crippen LogP contribution in [0.25, 0.3) is 0 Å². The lowest BCUT2D eigenvalue weighted by molar-refractivity contribution is 0.149. The van der Waals surface area contributed by atoms with Crippen molar-refractivity contribution >= 4 is 15.9 Å². The number of hydrogen-bond donors (Lipinski definition) is 0. The molecule has 5 heteroatoms. The van der Waals surface area contributed by atoms with Gasteiger partial charge in [0.05, 0.1) is 19.0 Å². The van der Waals surface area contributed by atoms with Crippen molar-refractivity contribution in [3.8, 4) is 5.75 Å². The van der Waals surface area contributed by atoms with Crippen LogP contribution in [0.5, 0.6) is 5.75 Å². The molecule has 0 aromatic carbocycles. The molecule has 0 saturated carbocycles. The molecule has 0 amide bonds. The number of halogens is 3. The van der Waals surface area contributed by atoms with E-state index < -0.39 is 6.43 Å². The van der Waals surface area contributed by atoms with Crippen molar-refractivity contribution in [1.82, 2.24) is 4.98 Å². The smallest absolute Gasteiger partial charge is 0.265 e. The molecular weight excluding hydrogens is 244 g/mol. The number of alkyl halides is 3. The number of pyridine rings is 1. The fourth-order valence-corrected chi connectivity index (χ4v) is 1.37. The molecule has 1 aromatic heterocycles. The van der Waals surface area contributed by atoms with Crippen molar-refractivity contribution in [1.29, 1.82) is 0 Å². The predicted molar refractivity (Wildman–Crippen MR) is 48.4 cm³/mol. The molecule has 2 nitrogen and oxygen atoms in total. The van der Waals surface area contributed by atoms with Gasteiger partial charge in [0, 0.05) is 10.9 Å². The molecule has 0 spiro atoms. The van der Waals surface area contributed by atoms with Gasteiger partial charge in [-0.1, -0.05) is 15.9 Å². The van der Waals surface area contributed by atoms with E-state index in [1.165, 1.54) is 19.4 Å². The predicted octanol–water partition coefficient (Wildman–Crippen LogP) is 2.92. The van der Waals surface area contributed by atoms with Crippen LogP contribution in [0, 0.1) is 0 Å². The zero-order chi connectivity index (χ0) is 9.84. The number of ether oxygens (including phenoxy) is 1. The van der Waals surface area contributed by atoms with Gasteiger partial charge in [-0.2, -0.15) is 0 Å². The summed E-state index contributed by atoms with van der Waals surface area (Å²) in [7, 11) is 1.42. The minimum Gasteiger partial charge on any atom is -0.495 e. The highest BCUT2D eigenvalue weighted by molar-refractivity contribution is 9.08. The first-order chi connectivity index (χ1) is 6.19. The summed E-state index contributed by atoms with van der Waals surface area (Å²) >= 11 is 3.09. The first kappa shape index (κ1) is 10.4. The van der Waals surface area contributed by atoms with Gasteiger partial charge in [-0.15, -0.1) is 0 Å². The molecule has 0 radical (unpaired) electrons. The summed E-state index contributed by atoms with van der Waals surface area (Å²) < 4.78 is 29.6. The van der Waals surface area contributed by atoms with Crippen molar-refractivity contribution in [2.24, 2.45) is 0 Å². The molecular formula is C8H8BrF2NO. The van der Waals surface area contributed by atoms with Crippen LogP contribution in [0.3, 0.4) is 0 Å². The Morgan fingerprint density at radius 1 is 1.62 bits per heavy atom. The second kappa shape index (κ2) is 4.50. The molecule has 0 atom stereocenters. The van der Waals surface area contributed by atoms with Crippen LogP contribution < -0.4 is 4.74 Å².